The van der Waals surface area contributed by atoms with Crippen LogP contribution in [0.4, 0.5) is 0 Å². The molecule has 6 N–H and O–H groups in total. The van der Waals surface area contributed by atoms with Gasteiger partial charge in [-0.3, -0.25) is 0 Å². The molecule has 1 aromatic rings. The molecule has 159 valence electrons. The summed E-state index contributed by atoms with van der Waals surface area (Å²) >= 11 is 4.23. The van der Waals surface area contributed by atoms with Gasteiger partial charge < -0.3 is 22.5 Å². The van der Waals surface area contributed by atoms with Crippen LogP contribution in [-0.2, 0) is 22.6 Å². The first-order chi connectivity index (χ1) is 11.9. The molecule has 0 aromatic heterocycles. The number of hydrogen-bond donors (Lipinski definition) is 2. The normalized spacial score (nSPS) is 18.2. The number of aryl methyl sites for hydroxylation is 1. The van der Waals surface area contributed by atoms with Gasteiger partial charge in [-0.15, -0.1) is 0 Å². The molecule has 0 heterocycles. The van der Waals surface area contributed by atoms with Crippen LogP contribution in [0.5, 0.6) is 11.5 Å². The minimum Gasteiger partial charge on any atom is -0.693 e. The number of rotatable bonds is 6. The molecule has 1 aliphatic rings. The van der Waals surface area contributed by atoms with Crippen molar-refractivity contribution in [3.63, 3.8) is 0 Å². The van der Waals surface area contributed by atoms with Crippen LogP contribution in [0.2, 0.25) is 0 Å². The third-order valence-electron chi connectivity index (χ3n) is 4.98. The van der Waals surface area contributed by atoms with E-state index in [0.29, 0.717) is 5.56 Å². The summed E-state index contributed by atoms with van der Waals surface area (Å²) in [6.45, 7) is 10.4. The standard InChI is InChI=1S/C21H30O2.HI.2H2N.Pt/c1-5-6-7-8-16-12-19(22)21(20(23)13-16)18-11-15(4)9-10-17(18)14(2)3;;;;/h11-13,17-18,22-23H,2,5-10H2,1,3-4H3;1H;2*1H2;/q;;2*-1;+1/p-1/t17-,18+;;;;/m1..../s1. The fourth-order valence-electron chi connectivity index (χ4n) is 3.65. The molecule has 0 saturated heterocycles. The second kappa shape index (κ2) is 14.6. The number of nitrogens with two attached hydrogens (primary N) is 2. The minimum atomic E-state index is 0. The molecule has 4 nitrogen and oxygen atoms in total. The van der Waals surface area contributed by atoms with Crippen LogP contribution in [0, 0.1) is 5.92 Å². The van der Waals surface area contributed by atoms with Gasteiger partial charge in [-0.2, -0.15) is 0 Å². The van der Waals surface area contributed by atoms with E-state index in [-0.39, 0.29) is 35.6 Å². The van der Waals surface area contributed by atoms with Crippen LogP contribution in [-0.4, -0.2) is 10.2 Å². The summed E-state index contributed by atoms with van der Waals surface area (Å²) in [6, 6.07) is 3.66. The number of unbranched alkanes of at least 4 members (excludes halogenated alkanes) is 2. The van der Waals surface area contributed by atoms with Crippen LogP contribution < -0.4 is 0 Å². The summed E-state index contributed by atoms with van der Waals surface area (Å²) in [7, 11) is 0. The summed E-state index contributed by atoms with van der Waals surface area (Å²) in [5, 5.41) is 21.1. The smallest absolute Gasteiger partial charge is 0.693 e. The topological polar surface area (TPSA) is 107 Å². The molecule has 6 heteroatoms. The average Bonchev–Trinajstić information content (AvgIpc) is 2.56. The van der Waals surface area contributed by atoms with E-state index in [1.165, 1.54) is 18.4 Å². The number of allylic oxidation sites excluding steroid dienone is 3. The molecule has 0 fully saturated rings. The maximum Gasteiger partial charge on any atom is -0.693 e. The predicted molar refractivity (Wildman–Crippen MR) is 122 cm³/mol. The van der Waals surface area contributed by atoms with Gasteiger partial charge in [0.2, 0.25) is 0 Å². The second-order valence-corrected chi connectivity index (χ2v) is 7.04. The van der Waals surface area contributed by atoms with Crippen molar-refractivity contribution in [1.82, 2.24) is 0 Å². The first-order valence-corrected chi connectivity index (χ1v) is 15.4. The maximum absolute atomic E-state index is 10.5. The Balaban J connectivity index is 0. The molecule has 0 aliphatic heterocycles. The van der Waals surface area contributed by atoms with E-state index in [4.69, 9.17) is 0 Å². The van der Waals surface area contributed by atoms with Crippen molar-refractivity contribution in [1.29, 1.82) is 0 Å². The zero-order chi connectivity index (χ0) is 19.0. The third kappa shape index (κ3) is 8.26. The Bertz CT molecular complexity index is 597. The molecule has 0 spiro atoms. The molecular weight excluding hydrogens is 634 g/mol. The van der Waals surface area contributed by atoms with Crippen molar-refractivity contribution in [2.24, 2.45) is 5.92 Å². The largest absolute Gasteiger partial charge is 0.693 e. The Morgan fingerprint density at radius 3 is 2.22 bits per heavy atom. The fourth-order valence-corrected chi connectivity index (χ4v) is 3.65. The number of benzene rings is 1. The summed E-state index contributed by atoms with van der Waals surface area (Å²) < 4.78 is 0. The molecule has 0 radical (unpaired) electrons. The first-order valence-electron chi connectivity index (χ1n) is 8.93. The summed E-state index contributed by atoms with van der Waals surface area (Å²) in [5.74, 6) is 0.741. The van der Waals surface area contributed by atoms with Crippen molar-refractivity contribution in [2.45, 2.75) is 65.2 Å². The van der Waals surface area contributed by atoms with Crippen LogP contribution in [0.3, 0.4) is 0 Å². The number of hydrogen-bond acceptors (Lipinski definition) is 2. The van der Waals surface area contributed by atoms with Gasteiger partial charge in [0, 0.05) is 11.5 Å². The molecule has 0 bridgehead atoms. The van der Waals surface area contributed by atoms with Gasteiger partial charge in [0.1, 0.15) is 11.5 Å². The molecule has 1 aliphatic carbocycles. The van der Waals surface area contributed by atoms with E-state index in [0.717, 1.165) is 36.8 Å². The summed E-state index contributed by atoms with van der Waals surface area (Å²) in [4.78, 5) is 0. The Kier molecular flexibility index (Phi) is 15.6. The van der Waals surface area contributed by atoms with E-state index < -0.39 is 0 Å². The number of aromatic hydroxyl groups is 2. The van der Waals surface area contributed by atoms with Gasteiger partial charge in [0.15, 0.2) is 0 Å². The Hall–Kier alpha value is -0.362. The van der Waals surface area contributed by atoms with Gasteiger partial charge in [-0.25, -0.2) is 0 Å². The van der Waals surface area contributed by atoms with Gasteiger partial charge in [-0.05, 0) is 63.1 Å². The Morgan fingerprint density at radius 1 is 1.19 bits per heavy atom. The van der Waals surface area contributed by atoms with Crippen molar-refractivity contribution in [3.8, 4) is 11.5 Å². The Labute approximate surface area is 186 Å². The quantitative estimate of drug-likeness (QED) is 0.181. The molecular formula is C21H34IN2O2Pt-2. The molecule has 0 unspecified atom stereocenters. The molecule has 2 atom stereocenters. The van der Waals surface area contributed by atoms with Crippen molar-refractivity contribution >= 4 is 19.4 Å². The number of phenolic OH excluding ortho intramolecular Hbond substituents is 2. The van der Waals surface area contributed by atoms with Gasteiger partial charge >= 0.3 is 35.5 Å². The SMILES string of the molecule is C=C(C)[C@H]1CCC(C)=C[C@@H]1c1c(O)cc(CCCCC)cc1O.[I][Pt].[NH2-].[NH2-]. The molecule has 1 aromatic carbocycles. The van der Waals surface area contributed by atoms with Crippen molar-refractivity contribution < 1.29 is 26.3 Å². The zero-order valence-electron chi connectivity index (χ0n) is 16.6. The van der Waals surface area contributed by atoms with E-state index >= 15 is 0 Å². The van der Waals surface area contributed by atoms with E-state index in [1.54, 1.807) is 0 Å². The third-order valence-corrected chi connectivity index (χ3v) is 4.98. The number of halogens is 1. The van der Waals surface area contributed by atoms with Crippen LogP contribution in [0.1, 0.15) is 69.9 Å². The molecule has 0 saturated carbocycles. The van der Waals surface area contributed by atoms with Crippen molar-refractivity contribution in [3.05, 3.63) is 59.4 Å². The fraction of sp³-hybridized carbons (Fsp3) is 0.524. The van der Waals surface area contributed by atoms with Gasteiger partial charge in [-0.1, -0.05) is 43.6 Å². The predicted octanol–water partition coefficient (Wildman–Crippen LogP) is 8.16. The van der Waals surface area contributed by atoms with Crippen LogP contribution in [0.15, 0.2) is 35.9 Å². The van der Waals surface area contributed by atoms with Crippen molar-refractivity contribution in [2.75, 3.05) is 0 Å². The molecule has 0 amide bonds. The molecule has 2 rings (SSSR count). The minimum absolute atomic E-state index is 0. The number of phenols is 2. The van der Waals surface area contributed by atoms with Crippen LogP contribution >= 0.6 is 19.4 Å². The van der Waals surface area contributed by atoms with E-state index in [2.05, 4.69) is 62.0 Å². The maximum atomic E-state index is 10.5. The second-order valence-electron chi connectivity index (χ2n) is 7.04. The zero-order valence-corrected chi connectivity index (χ0v) is 21.0. The monoisotopic (exact) mass is 668 g/mol. The first kappa shape index (κ1) is 28.8. The molecule has 27 heavy (non-hydrogen) atoms. The van der Waals surface area contributed by atoms with E-state index in [9.17, 15) is 10.2 Å². The Morgan fingerprint density at radius 2 is 1.74 bits per heavy atom. The average molecular weight is 668 g/mol. The summed E-state index contributed by atoms with van der Waals surface area (Å²) in [5.41, 5.74) is 4.11. The summed E-state index contributed by atoms with van der Waals surface area (Å²) in [6.07, 6.45) is 8.61. The van der Waals surface area contributed by atoms with Crippen LogP contribution in [0.25, 0.3) is 12.3 Å². The van der Waals surface area contributed by atoms with Gasteiger partial charge in [0.05, 0.1) is 0 Å². The van der Waals surface area contributed by atoms with E-state index in [1.807, 2.05) is 19.1 Å². The van der Waals surface area contributed by atoms with Gasteiger partial charge in [0.25, 0.3) is 0 Å².